The van der Waals surface area contributed by atoms with E-state index in [9.17, 15) is 18.5 Å². The van der Waals surface area contributed by atoms with Gasteiger partial charge >= 0.3 is 5.69 Å². The molecule has 0 aliphatic carbocycles. The van der Waals surface area contributed by atoms with E-state index in [1.54, 1.807) is 0 Å². The molecule has 0 aliphatic heterocycles. The van der Waals surface area contributed by atoms with Crippen molar-refractivity contribution in [1.82, 2.24) is 9.78 Å². The van der Waals surface area contributed by atoms with Crippen LogP contribution in [0.4, 0.5) is 5.69 Å². The first-order valence-electron chi connectivity index (χ1n) is 5.41. The first kappa shape index (κ1) is 15.9. The number of nitrogens with zero attached hydrogens (tertiary/aromatic N) is 3. The average Bonchev–Trinajstić information content (AvgIpc) is 2.64. The minimum absolute atomic E-state index is 0.00108. The third kappa shape index (κ3) is 3.88. The van der Waals surface area contributed by atoms with Gasteiger partial charge in [0.05, 0.1) is 23.8 Å². The highest BCUT2D eigenvalue weighted by atomic mass is 35.5. The van der Waals surface area contributed by atoms with Crippen molar-refractivity contribution in [3.05, 3.63) is 21.0 Å². The smallest absolute Gasteiger partial charge is 0.331 e. The molecule has 1 rings (SSSR count). The van der Waals surface area contributed by atoms with Crippen molar-refractivity contribution in [2.75, 3.05) is 18.6 Å². The van der Waals surface area contributed by atoms with E-state index in [0.29, 0.717) is 0 Å². The lowest BCUT2D eigenvalue weighted by Gasteiger charge is -2.02. The zero-order valence-corrected chi connectivity index (χ0v) is 12.1. The maximum atomic E-state index is 11.4. The van der Waals surface area contributed by atoms with Crippen LogP contribution in [-0.2, 0) is 27.7 Å². The highest BCUT2D eigenvalue weighted by Gasteiger charge is 2.26. The number of nitro groups is 1. The van der Waals surface area contributed by atoms with Crippen molar-refractivity contribution in [3.8, 4) is 0 Å². The number of ether oxygens (including phenoxy) is 1. The number of sulfone groups is 1. The van der Waals surface area contributed by atoms with Gasteiger partial charge in [0.1, 0.15) is 0 Å². The molecule has 0 fully saturated rings. The lowest BCUT2D eigenvalue weighted by Crippen LogP contribution is -2.15. The van der Waals surface area contributed by atoms with Gasteiger partial charge in [-0.25, -0.2) is 13.1 Å². The topological polar surface area (TPSA) is 104 Å². The summed E-state index contributed by atoms with van der Waals surface area (Å²) < 4.78 is 28.7. The number of aryl methyl sites for hydroxylation is 1. The maximum absolute atomic E-state index is 11.4. The Labute approximate surface area is 115 Å². The van der Waals surface area contributed by atoms with Crippen molar-refractivity contribution >= 4 is 27.1 Å². The molecule has 0 bridgehead atoms. The van der Waals surface area contributed by atoms with Gasteiger partial charge < -0.3 is 4.74 Å². The molecular weight excluding hydrogens is 298 g/mol. The summed E-state index contributed by atoms with van der Waals surface area (Å²) in [6, 6.07) is 0. The highest BCUT2D eigenvalue weighted by Crippen LogP contribution is 2.28. The van der Waals surface area contributed by atoms with Crippen LogP contribution in [0.25, 0.3) is 0 Å². The van der Waals surface area contributed by atoms with Crippen LogP contribution in [0.2, 0.25) is 5.15 Å². The second-order valence-electron chi connectivity index (χ2n) is 3.74. The van der Waals surface area contributed by atoms with E-state index >= 15 is 0 Å². The van der Waals surface area contributed by atoms with E-state index < -0.39 is 14.8 Å². The van der Waals surface area contributed by atoms with Crippen LogP contribution >= 0.6 is 11.6 Å². The molecule has 0 N–H and O–H groups in total. The minimum atomic E-state index is -3.19. The molecule has 0 atom stereocenters. The molecular formula is C9H14ClN3O5S. The van der Waals surface area contributed by atoms with Gasteiger partial charge in [0.25, 0.3) is 0 Å². The summed E-state index contributed by atoms with van der Waals surface area (Å²) >= 11 is 5.84. The number of hydrogen-bond acceptors (Lipinski definition) is 6. The predicted molar refractivity (Wildman–Crippen MR) is 68.9 cm³/mol. The molecule has 0 radical (unpaired) electrons. The Morgan fingerprint density at radius 1 is 1.53 bits per heavy atom. The largest absolute Gasteiger partial charge is 0.378 e. The quantitative estimate of drug-likeness (QED) is 0.550. The Hall–Kier alpha value is -1.19. The van der Waals surface area contributed by atoms with E-state index in [2.05, 4.69) is 5.10 Å². The van der Waals surface area contributed by atoms with E-state index in [1.165, 1.54) is 14.0 Å². The molecule has 0 aliphatic rings. The molecule has 1 heterocycles. The maximum Gasteiger partial charge on any atom is 0.331 e. The fraction of sp³-hybridized carbons (Fsp3) is 0.667. The van der Waals surface area contributed by atoms with Crippen LogP contribution in [0.1, 0.15) is 12.6 Å². The van der Waals surface area contributed by atoms with Crippen LogP contribution in [0.15, 0.2) is 0 Å². The molecule has 0 spiro atoms. The van der Waals surface area contributed by atoms with Crippen molar-refractivity contribution in [3.63, 3.8) is 0 Å². The van der Waals surface area contributed by atoms with E-state index in [1.807, 2.05) is 0 Å². The summed E-state index contributed by atoms with van der Waals surface area (Å²) in [4.78, 5) is 10.2. The fourth-order valence-electron chi connectivity index (χ4n) is 1.41. The zero-order valence-electron chi connectivity index (χ0n) is 10.5. The molecule has 0 aromatic carbocycles. The molecule has 108 valence electrons. The third-order valence-electron chi connectivity index (χ3n) is 2.45. The summed E-state index contributed by atoms with van der Waals surface area (Å²) in [5, 5.41) is 14.6. The highest BCUT2D eigenvalue weighted by molar-refractivity contribution is 7.91. The predicted octanol–water partition coefficient (Wildman–Crippen LogP) is 1.03. The van der Waals surface area contributed by atoms with Crippen LogP contribution in [0, 0.1) is 10.1 Å². The van der Waals surface area contributed by atoms with Crippen LogP contribution < -0.4 is 0 Å². The normalized spacial score (nSPS) is 11.7. The van der Waals surface area contributed by atoms with Gasteiger partial charge in [0, 0.05) is 12.9 Å². The second kappa shape index (κ2) is 6.31. The van der Waals surface area contributed by atoms with Gasteiger partial charge in [-0.05, 0) is 0 Å². The zero-order chi connectivity index (χ0) is 14.6. The standard InChI is InChI=1S/C9H14ClN3O5S/c1-3-19(16,17)5-4-12-9(10)8(13(14)15)7(11-12)6-18-2/h3-6H2,1-2H3. The van der Waals surface area contributed by atoms with Gasteiger partial charge in [-0.15, -0.1) is 0 Å². The second-order valence-corrected chi connectivity index (χ2v) is 6.57. The molecule has 0 unspecified atom stereocenters. The molecule has 0 saturated heterocycles. The first-order valence-corrected chi connectivity index (χ1v) is 7.61. The molecule has 8 nitrogen and oxygen atoms in total. The van der Waals surface area contributed by atoms with Crippen molar-refractivity contribution in [2.45, 2.75) is 20.1 Å². The number of aromatic nitrogens is 2. The lowest BCUT2D eigenvalue weighted by atomic mass is 10.4. The van der Waals surface area contributed by atoms with Gasteiger partial charge in [-0.1, -0.05) is 18.5 Å². The number of rotatable bonds is 7. The van der Waals surface area contributed by atoms with Gasteiger partial charge in [-0.3, -0.25) is 10.1 Å². The van der Waals surface area contributed by atoms with Gasteiger partial charge in [-0.2, -0.15) is 5.10 Å². The van der Waals surface area contributed by atoms with Crippen molar-refractivity contribution in [1.29, 1.82) is 0 Å². The van der Waals surface area contributed by atoms with Crippen LogP contribution in [0.3, 0.4) is 0 Å². The Balaban J connectivity index is 3.03. The van der Waals surface area contributed by atoms with Crippen molar-refractivity contribution in [2.24, 2.45) is 0 Å². The first-order chi connectivity index (χ1) is 8.82. The summed E-state index contributed by atoms with van der Waals surface area (Å²) in [7, 11) is -1.82. The minimum Gasteiger partial charge on any atom is -0.378 e. The SMILES string of the molecule is CCS(=O)(=O)CCn1nc(COC)c([N+](=O)[O-])c1Cl. The lowest BCUT2D eigenvalue weighted by molar-refractivity contribution is -0.385. The molecule has 1 aromatic rings. The van der Waals surface area contributed by atoms with Crippen molar-refractivity contribution < 1.29 is 18.1 Å². The average molecular weight is 312 g/mol. The molecule has 0 amide bonds. The van der Waals surface area contributed by atoms with E-state index in [-0.39, 0.29) is 41.2 Å². The molecule has 10 heteroatoms. The summed E-state index contributed by atoms with van der Waals surface area (Å²) in [5.74, 6) is -0.173. The number of methoxy groups -OCH3 is 1. The molecule has 19 heavy (non-hydrogen) atoms. The van der Waals surface area contributed by atoms with Gasteiger partial charge in [0.2, 0.25) is 5.15 Å². The Bertz CT molecular complexity index is 569. The van der Waals surface area contributed by atoms with E-state index in [0.717, 1.165) is 4.68 Å². The number of halogens is 1. The summed E-state index contributed by atoms with van der Waals surface area (Å²) in [5.41, 5.74) is -0.274. The molecule has 1 aromatic heterocycles. The van der Waals surface area contributed by atoms with Gasteiger partial charge in [0.15, 0.2) is 15.5 Å². The monoisotopic (exact) mass is 311 g/mol. The fourth-order valence-corrected chi connectivity index (χ4v) is 2.45. The van der Waals surface area contributed by atoms with E-state index in [4.69, 9.17) is 16.3 Å². The molecule has 0 saturated carbocycles. The third-order valence-corrected chi connectivity index (χ3v) is 4.51. The summed E-state index contributed by atoms with van der Waals surface area (Å²) in [6.07, 6.45) is 0. The number of hydrogen-bond donors (Lipinski definition) is 0. The Morgan fingerprint density at radius 2 is 2.16 bits per heavy atom. The van der Waals surface area contributed by atoms with Crippen LogP contribution in [0.5, 0.6) is 0 Å². The van der Waals surface area contributed by atoms with Crippen LogP contribution in [-0.4, -0.2) is 41.7 Å². The Morgan fingerprint density at radius 3 is 2.63 bits per heavy atom. The Kier molecular flexibility index (Phi) is 5.27. The summed E-state index contributed by atoms with van der Waals surface area (Å²) in [6.45, 7) is 1.43.